The number of rotatable bonds is 3. The Morgan fingerprint density at radius 2 is 2.21 bits per heavy atom. The zero-order valence-corrected chi connectivity index (χ0v) is 12.5. The van der Waals surface area contributed by atoms with Gasteiger partial charge in [-0.05, 0) is 56.7 Å². The van der Waals surface area contributed by atoms with Crippen LogP contribution in [0.1, 0.15) is 10.4 Å². The molecular formula is C9H8Br2INO. The fourth-order valence-electron chi connectivity index (χ4n) is 0.928. The van der Waals surface area contributed by atoms with Gasteiger partial charge in [0.25, 0.3) is 5.91 Å². The number of nitrogens with one attached hydrogen (secondary N) is 1. The molecule has 0 aliphatic rings. The first-order valence-corrected chi connectivity index (χ1v) is 6.93. The highest BCUT2D eigenvalue weighted by molar-refractivity contribution is 14.1. The second-order valence-electron chi connectivity index (χ2n) is 2.57. The van der Waals surface area contributed by atoms with Crippen LogP contribution in [0.15, 0.2) is 22.7 Å². The van der Waals surface area contributed by atoms with Crippen molar-refractivity contribution in [2.45, 2.75) is 0 Å². The summed E-state index contributed by atoms with van der Waals surface area (Å²) in [5.41, 5.74) is 0.679. The van der Waals surface area contributed by atoms with Crippen LogP contribution in [0, 0.1) is 3.57 Å². The summed E-state index contributed by atoms with van der Waals surface area (Å²) in [5.74, 6) is -0.0464. The van der Waals surface area contributed by atoms with Gasteiger partial charge in [-0.1, -0.05) is 15.9 Å². The smallest absolute Gasteiger partial charge is 0.252 e. The van der Waals surface area contributed by atoms with Gasteiger partial charge in [-0.2, -0.15) is 0 Å². The molecule has 0 radical (unpaired) electrons. The van der Waals surface area contributed by atoms with Gasteiger partial charge in [-0.15, -0.1) is 0 Å². The third kappa shape index (κ3) is 3.51. The number of alkyl halides is 1. The molecule has 1 amide bonds. The summed E-state index contributed by atoms with van der Waals surface area (Å²) < 4.78 is 1.87. The van der Waals surface area contributed by atoms with Crippen molar-refractivity contribution in [1.29, 1.82) is 0 Å². The summed E-state index contributed by atoms with van der Waals surface area (Å²) in [6, 6.07) is 5.69. The summed E-state index contributed by atoms with van der Waals surface area (Å²) in [6.45, 7) is 0.636. The van der Waals surface area contributed by atoms with Gasteiger partial charge in [0.2, 0.25) is 0 Å². The highest BCUT2D eigenvalue weighted by atomic mass is 127. The van der Waals surface area contributed by atoms with Gasteiger partial charge in [-0.25, -0.2) is 0 Å². The molecule has 1 aromatic carbocycles. The van der Waals surface area contributed by atoms with Crippen LogP contribution in [-0.2, 0) is 0 Å². The highest BCUT2D eigenvalue weighted by Gasteiger charge is 2.09. The summed E-state index contributed by atoms with van der Waals surface area (Å²) in [4.78, 5) is 11.6. The molecule has 0 atom stereocenters. The van der Waals surface area contributed by atoms with Gasteiger partial charge < -0.3 is 5.32 Å². The number of halogens is 3. The second kappa shape index (κ2) is 6.07. The standard InChI is InChI=1S/C9H8Br2INO/c10-3-4-13-9(14)7-5-6(12)1-2-8(7)11/h1-2,5H,3-4H2,(H,13,14). The van der Waals surface area contributed by atoms with Crippen LogP contribution in [-0.4, -0.2) is 17.8 Å². The maximum Gasteiger partial charge on any atom is 0.252 e. The van der Waals surface area contributed by atoms with Crippen LogP contribution in [0.5, 0.6) is 0 Å². The topological polar surface area (TPSA) is 29.1 Å². The molecular weight excluding hydrogens is 425 g/mol. The first kappa shape index (κ1) is 12.4. The third-order valence-corrected chi connectivity index (χ3v) is 3.31. The van der Waals surface area contributed by atoms with E-state index < -0.39 is 0 Å². The SMILES string of the molecule is O=C(NCCBr)c1cc(I)ccc1Br. The predicted molar refractivity (Wildman–Crippen MR) is 73.0 cm³/mol. The van der Waals surface area contributed by atoms with Crippen molar-refractivity contribution in [2.24, 2.45) is 0 Å². The average Bonchev–Trinajstić information content (AvgIpc) is 2.18. The van der Waals surface area contributed by atoms with Crippen molar-refractivity contribution < 1.29 is 4.79 Å². The Balaban J connectivity index is 2.83. The Morgan fingerprint density at radius 1 is 1.50 bits per heavy atom. The fraction of sp³-hybridized carbons (Fsp3) is 0.222. The summed E-state index contributed by atoms with van der Waals surface area (Å²) >= 11 is 8.79. The molecule has 0 bridgehead atoms. The van der Waals surface area contributed by atoms with Crippen LogP contribution >= 0.6 is 54.5 Å². The monoisotopic (exact) mass is 431 g/mol. The summed E-state index contributed by atoms with van der Waals surface area (Å²) in [5, 5.41) is 3.56. The van der Waals surface area contributed by atoms with Crippen LogP contribution in [0.4, 0.5) is 0 Å². The van der Waals surface area contributed by atoms with Crippen molar-refractivity contribution in [2.75, 3.05) is 11.9 Å². The molecule has 5 heteroatoms. The quantitative estimate of drug-likeness (QED) is 0.577. The van der Waals surface area contributed by atoms with Crippen molar-refractivity contribution in [3.8, 4) is 0 Å². The van der Waals surface area contributed by atoms with Gasteiger partial charge in [0.15, 0.2) is 0 Å². The number of hydrogen-bond acceptors (Lipinski definition) is 1. The number of amides is 1. The Bertz CT molecular complexity index is 344. The van der Waals surface area contributed by atoms with Crippen LogP contribution in [0.2, 0.25) is 0 Å². The van der Waals surface area contributed by atoms with Crippen LogP contribution < -0.4 is 5.32 Å². The Morgan fingerprint density at radius 3 is 2.86 bits per heavy atom. The molecule has 1 aromatic rings. The van der Waals surface area contributed by atoms with E-state index in [1.165, 1.54) is 0 Å². The fourth-order valence-corrected chi connectivity index (χ4v) is 2.04. The largest absolute Gasteiger partial charge is 0.351 e. The molecule has 0 heterocycles. The Labute approximate surface area is 113 Å². The van der Waals surface area contributed by atoms with E-state index in [0.29, 0.717) is 12.1 Å². The van der Waals surface area contributed by atoms with Crippen LogP contribution in [0.25, 0.3) is 0 Å². The molecule has 1 rings (SSSR count). The van der Waals surface area contributed by atoms with Gasteiger partial charge >= 0.3 is 0 Å². The number of carbonyl (C=O) groups excluding carboxylic acids is 1. The molecule has 0 aliphatic carbocycles. The zero-order chi connectivity index (χ0) is 10.6. The van der Waals surface area contributed by atoms with Gasteiger partial charge in [0, 0.05) is 19.9 Å². The summed E-state index contributed by atoms with van der Waals surface area (Å²) in [7, 11) is 0. The Hall–Kier alpha value is 0.380. The molecule has 0 fully saturated rings. The first-order chi connectivity index (χ1) is 6.65. The third-order valence-electron chi connectivity index (χ3n) is 1.55. The zero-order valence-electron chi connectivity index (χ0n) is 7.19. The van der Waals surface area contributed by atoms with E-state index in [0.717, 1.165) is 13.4 Å². The van der Waals surface area contributed by atoms with E-state index in [1.54, 1.807) is 0 Å². The predicted octanol–water partition coefficient (Wildman–Crippen LogP) is 3.18. The molecule has 14 heavy (non-hydrogen) atoms. The molecule has 76 valence electrons. The first-order valence-electron chi connectivity index (χ1n) is 3.94. The lowest BCUT2D eigenvalue weighted by Gasteiger charge is -2.05. The van der Waals surface area contributed by atoms with E-state index in [1.807, 2.05) is 18.2 Å². The minimum atomic E-state index is -0.0464. The minimum absolute atomic E-state index is 0.0464. The second-order valence-corrected chi connectivity index (χ2v) is 5.46. The average molecular weight is 433 g/mol. The van der Waals surface area contributed by atoms with E-state index in [-0.39, 0.29) is 5.91 Å². The van der Waals surface area contributed by atoms with Crippen molar-refractivity contribution in [1.82, 2.24) is 5.32 Å². The van der Waals surface area contributed by atoms with Crippen LogP contribution in [0.3, 0.4) is 0 Å². The minimum Gasteiger partial charge on any atom is -0.351 e. The molecule has 0 spiro atoms. The molecule has 0 saturated carbocycles. The van der Waals surface area contributed by atoms with Crippen molar-refractivity contribution in [3.63, 3.8) is 0 Å². The van der Waals surface area contributed by atoms with Gasteiger partial charge in [-0.3, -0.25) is 4.79 Å². The highest BCUT2D eigenvalue weighted by Crippen LogP contribution is 2.19. The Kier molecular flexibility index (Phi) is 5.40. The number of carbonyl (C=O) groups is 1. The van der Waals surface area contributed by atoms with Gasteiger partial charge in [0.05, 0.1) is 5.56 Å². The number of benzene rings is 1. The lowest BCUT2D eigenvalue weighted by Crippen LogP contribution is -2.25. The lowest BCUT2D eigenvalue weighted by atomic mass is 10.2. The van der Waals surface area contributed by atoms with E-state index >= 15 is 0 Å². The van der Waals surface area contributed by atoms with Crippen molar-refractivity contribution >= 4 is 60.4 Å². The van der Waals surface area contributed by atoms with Gasteiger partial charge in [0.1, 0.15) is 0 Å². The molecule has 2 nitrogen and oxygen atoms in total. The molecule has 0 aromatic heterocycles. The molecule has 0 unspecified atom stereocenters. The van der Waals surface area contributed by atoms with E-state index in [9.17, 15) is 4.79 Å². The maximum atomic E-state index is 11.6. The molecule has 0 aliphatic heterocycles. The molecule has 1 N–H and O–H groups in total. The van der Waals surface area contributed by atoms with E-state index in [4.69, 9.17) is 0 Å². The number of hydrogen-bond donors (Lipinski definition) is 1. The lowest BCUT2D eigenvalue weighted by molar-refractivity contribution is 0.0955. The summed E-state index contributed by atoms with van der Waals surface area (Å²) in [6.07, 6.45) is 0. The maximum absolute atomic E-state index is 11.6. The van der Waals surface area contributed by atoms with Crippen molar-refractivity contribution in [3.05, 3.63) is 31.8 Å². The normalized spacial score (nSPS) is 9.93. The molecule has 0 saturated heterocycles. The van der Waals surface area contributed by atoms with E-state index in [2.05, 4.69) is 59.8 Å².